The second kappa shape index (κ2) is 8.15. The van der Waals surface area contributed by atoms with E-state index in [0.717, 1.165) is 6.42 Å². The molecule has 0 aromatic carbocycles. The molecule has 0 N–H and O–H groups in total. The summed E-state index contributed by atoms with van der Waals surface area (Å²) in [5.74, 6) is 0.463. The Kier molecular flexibility index (Phi) is 11.1. The molecule has 0 amide bonds. The first-order chi connectivity index (χ1) is 4.22. The van der Waals surface area contributed by atoms with Crippen LogP contribution in [0.1, 0.15) is 20.3 Å². The molecule has 0 heterocycles. The summed E-state index contributed by atoms with van der Waals surface area (Å²) in [4.78, 5) is 0. The van der Waals surface area contributed by atoms with Crippen molar-refractivity contribution in [1.29, 1.82) is 0 Å². The van der Waals surface area contributed by atoms with Crippen molar-refractivity contribution in [1.82, 2.24) is 0 Å². The Bertz CT molecular complexity index is 87.7. The Morgan fingerprint density at radius 1 is 1.60 bits per heavy atom. The molecule has 0 fully saturated rings. The SMILES string of the molecule is C=CCC(C)C(C)S[O-].[Na+]. The molecule has 10 heavy (non-hydrogen) atoms. The molecule has 0 aliphatic carbocycles. The smallest absolute Gasteiger partial charge is 0.799 e. The first-order valence-electron chi connectivity index (χ1n) is 3.12. The predicted octanol–water partition coefficient (Wildman–Crippen LogP) is -0.545. The summed E-state index contributed by atoms with van der Waals surface area (Å²) in [7, 11) is 0. The Balaban J connectivity index is 0. The average molecular weight is 168 g/mol. The topological polar surface area (TPSA) is 23.1 Å². The van der Waals surface area contributed by atoms with Crippen molar-refractivity contribution in [2.75, 3.05) is 0 Å². The Hall–Kier alpha value is 1.05. The molecule has 3 heteroatoms. The van der Waals surface area contributed by atoms with Crippen molar-refractivity contribution in [2.24, 2.45) is 5.92 Å². The van der Waals surface area contributed by atoms with Crippen molar-refractivity contribution < 1.29 is 34.1 Å². The largest absolute Gasteiger partial charge is 1.00 e. The summed E-state index contributed by atoms with van der Waals surface area (Å²) < 4.78 is 10.2. The molecule has 0 aromatic rings. The summed E-state index contributed by atoms with van der Waals surface area (Å²) in [5, 5.41) is 0.211. The van der Waals surface area contributed by atoms with Crippen LogP contribution >= 0.6 is 12.0 Å². The zero-order chi connectivity index (χ0) is 7.28. The predicted molar refractivity (Wildman–Crippen MR) is 41.8 cm³/mol. The summed E-state index contributed by atoms with van der Waals surface area (Å²) >= 11 is 0.675. The molecular formula is C7H13NaOS. The molecule has 0 radical (unpaired) electrons. The van der Waals surface area contributed by atoms with E-state index in [0.29, 0.717) is 18.0 Å². The molecule has 0 saturated heterocycles. The van der Waals surface area contributed by atoms with Gasteiger partial charge in [0.25, 0.3) is 0 Å². The van der Waals surface area contributed by atoms with Gasteiger partial charge in [-0.2, -0.15) is 0 Å². The van der Waals surface area contributed by atoms with Gasteiger partial charge in [-0.1, -0.05) is 19.9 Å². The van der Waals surface area contributed by atoms with Crippen LogP contribution in [0.15, 0.2) is 12.7 Å². The first-order valence-corrected chi connectivity index (χ1v) is 3.92. The van der Waals surface area contributed by atoms with Gasteiger partial charge in [0.1, 0.15) is 0 Å². The minimum atomic E-state index is 0. The third-order valence-electron chi connectivity index (χ3n) is 1.49. The van der Waals surface area contributed by atoms with E-state index < -0.39 is 0 Å². The number of allylic oxidation sites excluding steroid dienone is 1. The fourth-order valence-electron chi connectivity index (χ4n) is 0.549. The maximum absolute atomic E-state index is 10.2. The first kappa shape index (κ1) is 13.6. The zero-order valence-electron chi connectivity index (χ0n) is 6.96. The van der Waals surface area contributed by atoms with Gasteiger partial charge in [0.15, 0.2) is 0 Å². The number of hydrogen-bond acceptors (Lipinski definition) is 2. The minimum absolute atomic E-state index is 0. The van der Waals surface area contributed by atoms with E-state index >= 15 is 0 Å². The standard InChI is InChI=1S/C7H14OS.Na/c1-4-5-6(2)7(3)9-8;/h4,6-8H,1,5H2,2-3H3;/q;+1/p-1. The van der Waals surface area contributed by atoms with Gasteiger partial charge in [0, 0.05) is 0 Å². The molecule has 0 rings (SSSR count). The van der Waals surface area contributed by atoms with Crippen molar-refractivity contribution in [3.05, 3.63) is 12.7 Å². The van der Waals surface area contributed by atoms with Gasteiger partial charge in [-0.3, -0.25) is 12.0 Å². The second-order valence-corrected chi connectivity index (χ2v) is 3.24. The van der Waals surface area contributed by atoms with Crippen molar-refractivity contribution >= 4 is 12.0 Å². The van der Waals surface area contributed by atoms with Crippen LogP contribution in [0.4, 0.5) is 0 Å². The minimum Gasteiger partial charge on any atom is -0.799 e. The molecule has 0 bridgehead atoms. The van der Waals surface area contributed by atoms with Crippen molar-refractivity contribution in [3.8, 4) is 0 Å². The van der Waals surface area contributed by atoms with E-state index in [-0.39, 0.29) is 34.8 Å². The van der Waals surface area contributed by atoms with Crippen LogP contribution in [0.3, 0.4) is 0 Å². The summed E-state index contributed by atoms with van der Waals surface area (Å²) in [5.41, 5.74) is 0. The Labute approximate surface area is 89.8 Å². The van der Waals surface area contributed by atoms with Gasteiger partial charge >= 0.3 is 29.6 Å². The quantitative estimate of drug-likeness (QED) is 0.319. The third-order valence-corrected chi connectivity index (χ3v) is 2.26. The van der Waals surface area contributed by atoms with E-state index in [1.165, 1.54) is 0 Å². The molecule has 54 valence electrons. The van der Waals surface area contributed by atoms with Gasteiger partial charge in [-0.25, -0.2) is 0 Å². The zero-order valence-corrected chi connectivity index (χ0v) is 9.78. The molecule has 0 spiro atoms. The van der Waals surface area contributed by atoms with E-state index in [1.807, 2.05) is 13.0 Å². The monoisotopic (exact) mass is 168 g/mol. The van der Waals surface area contributed by atoms with Crippen LogP contribution in [0.25, 0.3) is 0 Å². The van der Waals surface area contributed by atoms with Crippen LogP contribution in [-0.2, 0) is 0 Å². The summed E-state index contributed by atoms with van der Waals surface area (Å²) in [6.45, 7) is 7.62. The van der Waals surface area contributed by atoms with Crippen LogP contribution in [0.2, 0.25) is 0 Å². The van der Waals surface area contributed by atoms with Gasteiger partial charge < -0.3 is 4.55 Å². The van der Waals surface area contributed by atoms with Crippen LogP contribution in [0.5, 0.6) is 0 Å². The molecule has 0 aromatic heterocycles. The maximum atomic E-state index is 10.2. The maximum Gasteiger partial charge on any atom is 1.00 e. The van der Waals surface area contributed by atoms with Crippen molar-refractivity contribution in [3.63, 3.8) is 0 Å². The normalized spacial score (nSPS) is 15.1. The van der Waals surface area contributed by atoms with Crippen LogP contribution in [0, 0.1) is 5.92 Å². The fourth-order valence-corrected chi connectivity index (χ4v) is 0.850. The summed E-state index contributed by atoms with van der Waals surface area (Å²) in [6.07, 6.45) is 2.80. The van der Waals surface area contributed by atoms with Crippen molar-refractivity contribution in [2.45, 2.75) is 25.5 Å². The number of rotatable bonds is 4. The average Bonchev–Trinajstić information content (AvgIpc) is 1.87. The molecule has 1 nitrogen and oxygen atoms in total. The second-order valence-electron chi connectivity index (χ2n) is 2.30. The fraction of sp³-hybridized carbons (Fsp3) is 0.714. The summed E-state index contributed by atoms with van der Waals surface area (Å²) in [6, 6.07) is 0. The van der Waals surface area contributed by atoms with Crippen LogP contribution in [-0.4, -0.2) is 9.80 Å². The van der Waals surface area contributed by atoms with Crippen LogP contribution < -0.4 is 29.6 Å². The molecule has 2 atom stereocenters. The van der Waals surface area contributed by atoms with E-state index in [2.05, 4.69) is 13.5 Å². The third kappa shape index (κ3) is 5.81. The Morgan fingerprint density at radius 2 is 2.10 bits per heavy atom. The molecular weight excluding hydrogens is 155 g/mol. The molecule has 0 saturated carbocycles. The molecule has 2 unspecified atom stereocenters. The van der Waals surface area contributed by atoms with Gasteiger partial charge in [0.2, 0.25) is 0 Å². The molecule has 0 aliphatic rings. The Morgan fingerprint density at radius 3 is 2.40 bits per heavy atom. The van der Waals surface area contributed by atoms with Gasteiger partial charge in [0.05, 0.1) is 0 Å². The van der Waals surface area contributed by atoms with E-state index in [4.69, 9.17) is 0 Å². The van der Waals surface area contributed by atoms with E-state index in [1.54, 1.807) is 0 Å². The van der Waals surface area contributed by atoms with Gasteiger partial charge in [-0.05, 0) is 17.6 Å². The number of hydrogen-bond donors (Lipinski definition) is 0. The van der Waals surface area contributed by atoms with E-state index in [9.17, 15) is 4.55 Å². The van der Waals surface area contributed by atoms with Gasteiger partial charge in [-0.15, -0.1) is 6.58 Å². The molecule has 0 aliphatic heterocycles.